The van der Waals surface area contributed by atoms with Crippen LogP contribution in [0.25, 0.3) is 0 Å². The summed E-state index contributed by atoms with van der Waals surface area (Å²) >= 11 is 2.97. The number of hydrogen-bond donors (Lipinski definition) is 1. The first-order valence-corrected chi connectivity index (χ1v) is 15.6. The lowest BCUT2D eigenvalue weighted by molar-refractivity contribution is -0.118. The summed E-state index contributed by atoms with van der Waals surface area (Å²) in [6.07, 6.45) is 6.04. The van der Waals surface area contributed by atoms with Gasteiger partial charge in [-0.1, -0.05) is 18.2 Å². The molecule has 11 heteroatoms. The highest BCUT2D eigenvalue weighted by Crippen LogP contribution is 2.44. The van der Waals surface area contributed by atoms with Gasteiger partial charge in [0.05, 0.1) is 32.6 Å². The van der Waals surface area contributed by atoms with Crippen molar-refractivity contribution in [1.82, 2.24) is 9.97 Å². The smallest absolute Gasteiger partial charge is 0.233 e. The molecular formula is C27H28N4O4S3. The average molecular weight is 569 g/mol. The van der Waals surface area contributed by atoms with Crippen LogP contribution in [0.3, 0.4) is 0 Å². The molecule has 4 heterocycles. The van der Waals surface area contributed by atoms with Crippen LogP contribution < -0.4 is 10.2 Å². The third kappa shape index (κ3) is 5.65. The van der Waals surface area contributed by atoms with E-state index in [1.165, 1.54) is 11.3 Å². The van der Waals surface area contributed by atoms with Crippen molar-refractivity contribution in [3.63, 3.8) is 0 Å². The Hall–Kier alpha value is -3.12. The van der Waals surface area contributed by atoms with E-state index in [0.29, 0.717) is 34.4 Å². The highest BCUT2D eigenvalue weighted by Gasteiger charge is 2.34. The van der Waals surface area contributed by atoms with E-state index in [1.54, 1.807) is 59.6 Å². The number of sulfone groups is 1. The van der Waals surface area contributed by atoms with Gasteiger partial charge in [0.25, 0.3) is 0 Å². The van der Waals surface area contributed by atoms with Crippen LogP contribution in [-0.4, -0.2) is 44.6 Å². The molecule has 1 N–H and O–H groups in total. The quantitative estimate of drug-likeness (QED) is 0.328. The van der Waals surface area contributed by atoms with Crippen molar-refractivity contribution in [2.24, 2.45) is 5.92 Å². The number of aromatic nitrogens is 2. The van der Waals surface area contributed by atoms with Crippen molar-refractivity contribution in [1.29, 1.82) is 0 Å². The topological polar surface area (TPSA) is 101 Å². The molecule has 0 radical (unpaired) electrons. The molecule has 1 fully saturated rings. The number of hydrogen-bond acceptors (Lipinski definition) is 9. The number of para-hydroxylation sites is 1. The summed E-state index contributed by atoms with van der Waals surface area (Å²) in [5.41, 5.74) is 3.79. The van der Waals surface area contributed by atoms with Crippen LogP contribution in [0.15, 0.2) is 80.9 Å². The molecule has 2 aromatic heterocycles. The van der Waals surface area contributed by atoms with Gasteiger partial charge >= 0.3 is 0 Å². The summed E-state index contributed by atoms with van der Waals surface area (Å²) < 4.78 is 32.2. The molecule has 4 aromatic rings. The van der Waals surface area contributed by atoms with Crippen LogP contribution in [-0.2, 0) is 19.4 Å². The number of carbonyl (C=O) groups excluding carboxylic acids is 1. The molecule has 2 atom stereocenters. The Morgan fingerprint density at radius 2 is 2.00 bits per heavy atom. The first kappa shape index (κ1) is 26.5. The molecule has 1 saturated heterocycles. The second kappa shape index (κ2) is 11.7. The summed E-state index contributed by atoms with van der Waals surface area (Å²) in [6.45, 7) is 1.39. The Kier molecular flexibility index (Phi) is 8.18. The van der Waals surface area contributed by atoms with Crippen molar-refractivity contribution in [3.05, 3.63) is 76.7 Å². The molecule has 0 bridgehead atoms. The SMILES string of the molecule is CN1c2ccccc2S(=O)(=O)c2ccc(C(CC3CCCOC3)C(=O)Nc3nccs3)cc21.c1cscn1. The van der Waals surface area contributed by atoms with E-state index >= 15 is 0 Å². The number of anilines is 3. The highest BCUT2D eigenvalue weighted by molar-refractivity contribution is 7.92. The summed E-state index contributed by atoms with van der Waals surface area (Å²) in [7, 11) is -1.78. The average Bonchev–Trinajstić information content (AvgIpc) is 3.69. The van der Waals surface area contributed by atoms with Gasteiger partial charge in [-0.2, -0.15) is 0 Å². The van der Waals surface area contributed by atoms with Crippen LogP contribution >= 0.6 is 22.7 Å². The van der Waals surface area contributed by atoms with E-state index < -0.39 is 15.8 Å². The van der Waals surface area contributed by atoms with Gasteiger partial charge in [0.15, 0.2) is 5.13 Å². The molecule has 2 aliphatic rings. The number of benzene rings is 2. The van der Waals surface area contributed by atoms with Crippen LogP contribution in [0.5, 0.6) is 0 Å². The van der Waals surface area contributed by atoms with E-state index in [1.807, 2.05) is 34.8 Å². The lowest BCUT2D eigenvalue weighted by atomic mass is 9.85. The number of nitrogens with one attached hydrogen (secondary N) is 1. The summed E-state index contributed by atoms with van der Waals surface area (Å²) in [6, 6.07) is 12.2. The van der Waals surface area contributed by atoms with Gasteiger partial charge in [0, 0.05) is 43.4 Å². The highest BCUT2D eigenvalue weighted by atomic mass is 32.2. The van der Waals surface area contributed by atoms with Gasteiger partial charge in [-0.15, -0.1) is 22.7 Å². The fourth-order valence-electron chi connectivity index (χ4n) is 4.82. The van der Waals surface area contributed by atoms with Crippen LogP contribution in [0.4, 0.5) is 16.5 Å². The van der Waals surface area contributed by atoms with Gasteiger partial charge < -0.3 is 15.0 Å². The van der Waals surface area contributed by atoms with Crippen LogP contribution in [0.2, 0.25) is 0 Å². The van der Waals surface area contributed by atoms with Crippen molar-refractivity contribution in [2.45, 2.75) is 35.0 Å². The zero-order valence-corrected chi connectivity index (χ0v) is 23.3. The molecule has 6 rings (SSSR count). The maximum absolute atomic E-state index is 13.3. The van der Waals surface area contributed by atoms with Gasteiger partial charge in [0.1, 0.15) is 0 Å². The molecule has 2 aliphatic heterocycles. The monoisotopic (exact) mass is 568 g/mol. The minimum Gasteiger partial charge on any atom is -0.381 e. The van der Waals surface area contributed by atoms with E-state index in [-0.39, 0.29) is 16.7 Å². The number of amides is 1. The van der Waals surface area contributed by atoms with Crippen molar-refractivity contribution < 1.29 is 17.9 Å². The Balaban J connectivity index is 0.000000529. The molecular weight excluding hydrogens is 541 g/mol. The van der Waals surface area contributed by atoms with Crippen LogP contribution in [0.1, 0.15) is 30.7 Å². The lowest BCUT2D eigenvalue weighted by Gasteiger charge is -2.31. The van der Waals surface area contributed by atoms with Gasteiger partial charge in [-0.05, 0) is 55.0 Å². The molecule has 2 unspecified atom stereocenters. The Morgan fingerprint density at radius 3 is 2.68 bits per heavy atom. The fourth-order valence-corrected chi connectivity index (χ4v) is 7.40. The number of rotatable bonds is 5. The molecule has 198 valence electrons. The number of nitrogens with zero attached hydrogens (tertiary/aromatic N) is 3. The van der Waals surface area contributed by atoms with Gasteiger partial charge in [0.2, 0.25) is 15.7 Å². The predicted molar refractivity (Wildman–Crippen MR) is 150 cm³/mol. The maximum Gasteiger partial charge on any atom is 0.233 e. The number of fused-ring (bicyclic) bond motifs is 2. The van der Waals surface area contributed by atoms with E-state index in [4.69, 9.17) is 4.74 Å². The van der Waals surface area contributed by atoms with Crippen molar-refractivity contribution >= 4 is 54.9 Å². The van der Waals surface area contributed by atoms with Gasteiger partial charge in [-0.25, -0.2) is 13.4 Å². The zero-order chi connectivity index (χ0) is 26.5. The lowest BCUT2D eigenvalue weighted by Crippen LogP contribution is -2.27. The molecule has 8 nitrogen and oxygen atoms in total. The first-order valence-electron chi connectivity index (χ1n) is 12.3. The van der Waals surface area contributed by atoms with E-state index in [2.05, 4.69) is 15.3 Å². The van der Waals surface area contributed by atoms with Crippen LogP contribution in [0, 0.1) is 5.92 Å². The fraction of sp³-hybridized carbons (Fsp3) is 0.296. The maximum atomic E-state index is 13.3. The summed E-state index contributed by atoms with van der Waals surface area (Å²) in [5.74, 6) is -0.319. The predicted octanol–water partition coefficient (Wildman–Crippen LogP) is 5.74. The normalized spacial score (nSPS) is 18.3. The summed E-state index contributed by atoms with van der Waals surface area (Å²) in [4.78, 5) is 23.7. The Bertz CT molecular complexity index is 1450. The molecule has 0 aliphatic carbocycles. The van der Waals surface area contributed by atoms with E-state index in [9.17, 15) is 13.2 Å². The number of carbonyl (C=O) groups is 1. The zero-order valence-electron chi connectivity index (χ0n) is 20.8. The first-order chi connectivity index (χ1) is 18.4. The summed E-state index contributed by atoms with van der Waals surface area (Å²) in [5, 5.41) is 7.23. The number of ether oxygens (including phenoxy) is 1. The van der Waals surface area contributed by atoms with Gasteiger partial charge in [-0.3, -0.25) is 9.78 Å². The molecule has 38 heavy (non-hydrogen) atoms. The second-order valence-electron chi connectivity index (χ2n) is 9.13. The Morgan fingerprint density at radius 1 is 1.16 bits per heavy atom. The third-order valence-electron chi connectivity index (χ3n) is 6.70. The molecule has 0 saturated carbocycles. The van der Waals surface area contributed by atoms with Crippen molar-refractivity contribution in [2.75, 3.05) is 30.5 Å². The minimum atomic E-state index is -3.64. The molecule has 0 spiro atoms. The molecule has 1 amide bonds. The Labute approximate surface area is 230 Å². The second-order valence-corrected chi connectivity index (χ2v) is 12.7. The van der Waals surface area contributed by atoms with E-state index in [0.717, 1.165) is 25.0 Å². The number of thiazole rings is 2. The largest absolute Gasteiger partial charge is 0.381 e. The third-order valence-corrected chi connectivity index (χ3v) is 9.76. The van der Waals surface area contributed by atoms with Crippen molar-refractivity contribution in [3.8, 4) is 0 Å². The standard InChI is InChI=1S/C24H25N3O4S2.C3H3NS/c1-27-19-6-2-3-7-21(19)33(29,30)22-9-8-17(14-20(22)27)18(13-16-5-4-11-31-15-16)23(28)26-24-25-10-12-32-24;1-2-5-3-4-1/h2-3,6-10,12,14,16,18H,4-5,11,13,15H2,1H3,(H,25,26,28);1-3H. The minimum absolute atomic E-state index is 0.141. The molecule has 2 aromatic carbocycles.